The molecule has 0 aromatic heterocycles. The van der Waals surface area contributed by atoms with Gasteiger partial charge in [0, 0.05) is 69.6 Å². The summed E-state index contributed by atoms with van der Waals surface area (Å²) in [6.07, 6.45) is 9.87. The summed E-state index contributed by atoms with van der Waals surface area (Å²) in [6.45, 7) is 11.8. The number of allylic oxidation sites excluding steroid dienone is 1. The van der Waals surface area contributed by atoms with E-state index in [1.54, 1.807) is 13.0 Å². The number of ether oxygens (including phenoxy) is 3. The predicted molar refractivity (Wildman–Crippen MR) is 205 cm³/mol. The minimum absolute atomic E-state index is 0.224. The number of carbonyl (C=O) groups excluding carboxylic acids is 1. The van der Waals surface area contributed by atoms with Gasteiger partial charge in [-0.3, -0.25) is 14.6 Å². The number of sulfonamides is 1. The smallest absolute Gasteiger partial charge is 0.264 e. The minimum Gasteiger partial charge on any atom is -0.487 e. The Bertz CT molecular complexity index is 1740. The van der Waals surface area contributed by atoms with Gasteiger partial charge >= 0.3 is 0 Å². The zero-order valence-electron chi connectivity index (χ0n) is 30.9. The van der Waals surface area contributed by atoms with E-state index in [1.807, 2.05) is 44.4 Å². The molecule has 2 saturated heterocycles. The number of fused-ring (bicyclic) bond motifs is 4. The second-order valence-electron chi connectivity index (χ2n) is 15.7. The van der Waals surface area contributed by atoms with Gasteiger partial charge < -0.3 is 19.1 Å². The maximum atomic E-state index is 13.6. The molecule has 12 heteroatoms. The highest BCUT2D eigenvalue weighted by Crippen LogP contribution is 2.47. The molecule has 2 bridgehead atoms. The minimum atomic E-state index is -3.96. The maximum absolute atomic E-state index is 13.6. The molecule has 4 heterocycles. The molecule has 284 valence electrons. The SMILES string of the molecule is CO[C@]1(CN2CCN3CCOC[C@H]3C2)/C=C/C[C@H](C)[C@@H](C)S(=O)(=O)NC(=O)c2ccc3c(c2)N(CCCCc2cc(Cl)ccc2CO3)C[C@@H]2CC[C@H]21. The first kappa shape index (κ1) is 37.6. The number of nitrogens with zero attached hydrogens (tertiary/aromatic N) is 3. The maximum Gasteiger partial charge on any atom is 0.264 e. The fraction of sp³-hybridized carbons (Fsp3) is 0.625. The Morgan fingerprint density at radius 1 is 1.02 bits per heavy atom. The molecular weight excluding hydrogens is 700 g/mol. The summed E-state index contributed by atoms with van der Waals surface area (Å²) in [6, 6.07) is 11.7. The molecule has 52 heavy (non-hydrogen) atoms. The lowest BCUT2D eigenvalue weighted by atomic mass is 9.63. The first-order chi connectivity index (χ1) is 25.0. The lowest BCUT2D eigenvalue weighted by Crippen LogP contribution is -2.62. The van der Waals surface area contributed by atoms with Crippen molar-refractivity contribution in [2.24, 2.45) is 17.8 Å². The van der Waals surface area contributed by atoms with Crippen LogP contribution in [-0.4, -0.2) is 107 Å². The van der Waals surface area contributed by atoms with Crippen LogP contribution in [0.5, 0.6) is 5.75 Å². The summed E-state index contributed by atoms with van der Waals surface area (Å²) in [5.41, 5.74) is 2.85. The van der Waals surface area contributed by atoms with E-state index in [0.717, 1.165) is 107 Å². The summed E-state index contributed by atoms with van der Waals surface area (Å²) in [4.78, 5) is 21.1. The lowest BCUT2D eigenvalue weighted by molar-refractivity contribution is -0.108. The van der Waals surface area contributed by atoms with Crippen LogP contribution in [0.2, 0.25) is 5.02 Å². The summed E-state index contributed by atoms with van der Waals surface area (Å²) in [7, 11) is -2.11. The van der Waals surface area contributed by atoms with Crippen molar-refractivity contribution in [2.75, 3.05) is 71.0 Å². The van der Waals surface area contributed by atoms with Gasteiger partial charge in [-0.15, -0.1) is 0 Å². The zero-order valence-corrected chi connectivity index (χ0v) is 32.5. The monoisotopic (exact) mass is 754 g/mol. The van der Waals surface area contributed by atoms with Crippen molar-refractivity contribution >= 4 is 33.2 Å². The van der Waals surface area contributed by atoms with Crippen LogP contribution < -0.4 is 14.4 Å². The fourth-order valence-electron chi connectivity index (χ4n) is 8.94. The Morgan fingerprint density at radius 2 is 1.88 bits per heavy atom. The van der Waals surface area contributed by atoms with Gasteiger partial charge in [0.05, 0.1) is 24.2 Å². The first-order valence-corrected chi connectivity index (χ1v) is 21.1. The molecular formula is C40H55ClN4O6S. The van der Waals surface area contributed by atoms with Gasteiger partial charge in [0.1, 0.15) is 18.0 Å². The molecule has 2 aromatic rings. The van der Waals surface area contributed by atoms with E-state index in [0.29, 0.717) is 36.3 Å². The number of rotatable bonds is 3. The highest BCUT2D eigenvalue weighted by atomic mass is 35.5. The first-order valence-electron chi connectivity index (χ1n) is 19.2. The summed E-state index contributed by atoms with van der Waals surface area (Å²) in [5.74, 6) is 0.436. The number of hydrogen-bond donors (Lipinski definition) is 1. The Morgan fingerprint density at radius 3 is 2.69 bits per heavy atom. The van der Waals surface area contributed by atoms with E-state index in [2.05, 4.69) is 31.6 Å². The quantitative estimate of drug-likeness (QED) is 0.406. The molecule has 7 rings (SSSR count). The largest absolute Gasteiger partial charge is 0.487 e. The third kappa shape index (κ3) is 8.05. The highest BCUT2D eigenvalue weighted by Gasteiger charge is 2.49. The number of morpholine rings is 1. The highest BCUT2D eigenvalue weighted by molar-refractivity contribution is 7.90. The van der Waals surface area contributed by atoms with Crippen molar-refractivity contribution in [3.8, 4) is 5.75 Å². The number of carbonyl (C=O) groups is 1. The fourth-order valence-corrected chi connectivity index (χ4v) is 10.4. The Kier molecular flexibility index (Phi) is 11.6. The average molecular weight is 755 g/mol. The normalized spacial score (nSPS) is 32.4. The van der Waals surface area contributed by atoms with Crippen LogP contribution in [0.25, 0.3) is 0 Å². The third-order valence-corrected chi connectivity index (χ3v) is 14.7. The summed E-state index contributed by atoms with van der Waals surface area (Å²) >= 11 is 6.41. The van der Waals surface area contributed by atoms with Crippen molar-refractivity contribution in [1.82, 2.24) is 14.5 Å². The van der Waals surface area contributed by atoms with Gasteiger partial charge in [0.25, 0.3) is 5.91 Å². The number of nitrogens with one attached hydrogen (secondary N) is 1. The van der Waals surface area contributed by atoms with E-state index >= 15 is 0 Å². The number of benzene rings is 2. The number of hydrogen-bond acceptors (Lipinski definition) is 9. The van der Waals surface area contributed by atoms with Gasteiger partial charge in [-0.2, -0.15) is 0 Å². The van der Waals surface area contributed by atoms with Crippen LogP contribution in [-0.2, 0) is 32.5 Å². The van der Waals surface area contributed by atoms with Crippen molar-refractivity contribution < 1.29 is 27.4 Å². The van der Waals surface area contributed by atoms with Crippen molar-refractivity contribution in [3.63, 3.8) is 0 Å². The number of anilines is 1. The summed E-state index contributed by atoms with van der Waals surface area (Å²) in [5, 5.41) is -0.0647. The van der Waals surface area contributed by atoms with E-state index in [9.17, 15) is 13.2 Å². The topological polar surface area (TPSA) is 101 Å². The van der Waals surface area contributed by atoms with E-state index in [1.165, 1.54) is 5.56 Å². The van der Waals surface area contributed by atoms with E-state index in [-0.39, 0.29) is 11.8 Å². The van der Waals surface area contributed by atoms with Crippen molar-refractivity contribution in [1.29, 1.82) is 0 Å². The Balaban J connectivity index is 1.25. The van der Waals surface area contributed by atoms with Crippen LogP contribution in [0, 0.1) is 17.8 Å². The Hall–Kier alpha value is -2.67. The molecule has 1 aliphatic carbocycles. The molecule has 2 aromatic carbocycles. The van der Waals surface area contributed by atoms with Crippen LogP contribution in [0.1, 0.15) is 67.4 Å². The molecule has 6 atom stereocenters. The number of piperazine rings is 1. The molecule has 4 aliphatic heterocycles. The number of amides is 1. The molecule has 1 N–H and O–H groups in total. The van der Waals surface area contributed by atoms with Gasteiger partial charge in [-0.25, -0.2) is 13.1 Å². The molecule has 3 fully saturated rings. The molecule has 1 amide bonds. The summed E-state index contributed by atoms with van der Waals surface area (Å²) < 4.78 is 48.7. The van der Waals surface area contributed by atoms with Crippen LogP contribution >= 0.6 is 11.6 Å². The lowest BCUT2D eigenvalue weighted by Gasteiger charge is -2.53. The molecule has 0 unspecified atom stereocenters. The van der Waals surface area contributed by atoms with Crippen LogP contribution in [0.3, 0.4) is 0 Å². The van der Waals surface area contributed by atoms with Gasteiger partial charge in [-0.1, -0.05) is 36.7 Å². The van der Waals surface area contributed by atoms with Crippen molar-refractivity contribution in [3.05, 3.63) is 70.3 Å². The van der Waals surface area contributed by atoms with E-state index < -0.39 is 26.8 Å². The van der Waals surface area contributed by atoms with Crippen LogP contribution in [0.15, 0.2) is 48.6 Å². The third-order valence-electron chi connectivity index (χ3n) is 12.5. The predicted octanol–water partition coefficient (Wildman–Crippen LogP) is 5.53. The van der Waals surface area contributed by atoms with Gasteiger partial charge in [-0.05, 0) is 105 Å². The number of methoxy groups -OCH3 is 1. The standard InChI is InChI=1S/C40H55ClN4O6S/c1-28-7-6-15-40(49-3,27-43-17-18-44-19-20-50-26-35(44)24-43)36-13-10-32(36)23-45-16-5-4-8-30-21-34(41)12-9-33(30)25-51-38-14-11-31(22-37(38)45)39(46)42-52(47,48)29(28)2/h6,9,11-12,14-15,21-22,28-29,32,35-36H,4-5,7-8,10,13,16-20,23-27H2,1-3H3,(H,42,46)/b15-6+/t28-,29+,32-,35+,36+,40-/m0/s1. The average Bonchev–Trinajstić information content (AvgIpc) is 3.15. The molecule has 0 radical (unpaired) electrons. The van der Waals surface area contributed by atoms with Crippen molar-refractivity contribution in [2.45, 2.75) is 75.9 Å². The molecule has 10 nitrogen and oxygen atoms in total. The van der Waals surface area contributed by atoms with E-state index in [4.69, 9.17) is 25.8 Å². The second kappa shape index (κ2) is 16.0. The molecule has 0 spiro atoms. The second-order valence-corrected chi connectivity index (χ2v) is 18.2. The zero-order chi connectivity index (χ0) is 36.5. The molecule has 1 saturated carbocycles. The van der Waals surface area contributed by atoms with Gasteiger partial charge in [0.2, 0.25) is 10.0 Å². The number of halogens is 1. The van der Waals surface area contributed by atoms with Crippen LogP contribution in [0.4, 0.5) is 5.69 Å². The molecule has 5 aliphatic rings. The Labute approximate surface area is 314 Å². The number of aryl methyl sites for hydroxylation is 1. The van der Waals surface area contributed by atoms with Gasteiger partial charge in [0.15, 0.2) is 0 Å².